The van der Waals surface area contributed by atoms with Crippen molar-refractivity contribution in [3.8, 4) is 17.2 Å². The van der Waals surface area contributed by atoms with Crippen LogP contribution in [0.1, 0.15) is 44.7 Å². The second kappa shape index (κ2) is 9.79. The van der Waals surface area contributed by atoms with E-state index < -0.39 is 29.6 Å². The first-order chi connectivity index (χ1) is 16.5. The molecular weight excluding hydrogens is 436 g/mol. The second-order valence-corrected chi connectivity index (χ2v) is 7.66. The van der Waals surface area contributed by atoms with Gasteiger partial charge in [-0.2, -0.15) is 0 Å². The van der Waals surface area contributed by atoms with Gasteiger partial charge in [-0.15, -0.1) is 0 Å². The lowest BCUT2D eigenvalue weighted by molar-refractivity contribution is -0.146. The summed E-state index contributed by atoms with van der Waals surface area (Å²) < 4.78 is 21.5. The van der Waals surface area contributed by atoms with Crippen LogP contribution in [0.25, 0.3) is 0 Å². The van der Waals surface area contributed by atoms with Crippen molar-refractivity contribution in [3.63, 3.8) is 0 Å². The van der Waals surface area contributed by atoms with E-state index in [0.29, 0.717) is 22.6 Å². The van der Waals surface area contributed by atoms with Crippen molar-refractivity contribution in [2.24, 2.45) is 5.92 Å². The number of ketones is 1. The summed E-state index contributed by atoms with van der Waals surface area (Å²) in [6, 6.07) is 19.0. The van der Waals surface area contributed by atoms with Gasteiger partial charge in [0, 0.05) is 22.6 Å². The average Bonchev–Trinajstić information content (AvgIpc) is 2.87. The molecule has 0 aromatic heterocycles. The Bertz CT molecular complexity index is 1200. The Kier molecular flexibility index (Phi) is 6.63. The number of hydrogen-bond acceptors (Lipinski definition) is 7. The van der Waals surface area contributed by atoms with Gasteiger partial charge >= 0.3 is 11.9 Å². The molecule has 0 radical (unpaired) electrons. The van der Waals surface area contributed by atoms with Crippen molar-refractivity contribution < 1.29 is 33.3 Å². The average molecular weight is 460 g/mol. The van der Waals surface area contributed by atoms with Crippen LogP contribution >= 0.6 is 0 Å². The fourth-order valence-corrected chi connectivity index (χ4v) is 4.24. The van der Waals surface area contributed by atoms with Crippen molar-refractivity contribution in [1.29, 1.82) is 0 Å². The highest BCUT2D eigenvalue weighted by Gasteiger charge is 2.43. The van der Waals surface area contributed by atoms with Gasteiger partial charge < -0.3 is 18.9 Å². The third kappa shape index (κ3) is 4.12. The molecule has 7 heteroatoms. The highest BCUT2D eigenvalue weighted by Crippen LogP contribution is 2.48. The minimum Gasteiger partial charge on any atom is -0.496 e. The number of esters is 2. The quantitative estimate of drug-likeness (QED) is 0.285. The molecule has 0 fully saturated rings. The molecule has 0 amide bonds. The smallest absolute Gasteiger partial charge is 0.341 e. The van der Waals surface area contributed by atoms with E-state index in [2.05, 4.69) is 0 Å². The standard InChI is InChI=1S/C27H24O7/c1-4-33-27(30)24(25(28)16-13-14-19(26(29)32-3)22(15-16)31-2)23-17-9-5-7-11-20(17)34-21-12-8-6-10-18(21)23/h5-15,23-24H,4H2,1-3H3. The number of rotatable bonds is 7. The van der Waals surface area contributed by atoms with Crippen LogP contribution in [0.15, 0.2) is 66.7 Å². The van der Waals surface area contributed by atoms with Gasteiger partial charge in [0.05, 0.1) is 20.8 Å². The van der Waals surface area contributed by atoms with E-state index >= 15 is 0 Å². The molecule has 1 heterocycles. The van der Waals surface area contributed by atoms with E-state index in [1.807, 2.05) is 36.4 Å². The molecule has 0 saturated heterocycles. The predicted molar refractivity (Wildman–Crippen MR) is 124 cm³/mol. The number of hydrogen-bond donors (Lipinski definition) is 0. The third-order valence-electron chi connectivity index (χ3n) is 5.78. The van der Waals surface area contributed by atoms with E-state index in [1.165, 1.54) is 32.4 Å². The van der Waals surface area contributed by atoms with Crippen LogP contribution in [0.2, 0.25) is 0 Å². The van der Waals surface area contributed by atoms with E-state index in [1.54, 1.807) is 19.1 Å². The van der Waals surface area contributed by atoms with Crippen LogP contribution < -0.4 is 9.47 Å². The number of carbonyl (C=O) groups excluding carboxylic acids is 3. The lowest BCUT2D eigenvalue weighted by atomic mass is 9.75. The Hall–Kier alpha value is -4.13. The first-order valence-corrected chi connectivity index (χ1v) is 10.8. The topological polar surface area (TPSA) is 88.1 Å². The molecule has 7 nitrogen and oxygen atoms in total. The van der Waals surface area contributed by atoms with Crippen molar-refractivity contribution in [1.82, 2.24) is 0 Å². The molecule has 0 aliphatic carbocycles. The number of methoxy groups -OCH3 is 2. The Balaban J connectivity index is 1.86. The number of benzene rings is 3. The normalized spacial score (nSPS) is 13.0. The second-order valence-electron chi connectivity index (χ2n) is 7.66. The largest absolute Gasteiger partial charge is 0.496 e. The van der Waals surface area contributed by atoms with Crippen molar-refractivity contribution in [3.05, 3.63) is 89.0 Å². The van der Waals surface area contributed by atoms with Crippen LogP contribution in [-0.2, 0) is 14.3 Å². The molecule has 1 aliphatic rings. The molecule has 0 saturated carbocycles. The number of fused-ring (bicyclic) bond motifs is 2. The zero-order chi connectivity index (χ0) is 24.2. The third-order valence-corrected chi connectivity index (χ3v) is 5.78. The molecule has 34 heavy (non-hydrogen) atoms. The molecule has 174 valence electrons. The van der Waals surface area contributed by atoms with E-state index in [0.717, 1.165) is 0 Å². The van der Waals surface area contributed by atoms with E-state index in [4.69, 9.17) is 18.9 Å². The van der Waals surface area contributed by atoms with Crippen LogP contribution in [0.5, 0.6) is 17.2 Å². The first-order valence-electron chi connectivity index (χ1n) is 10.8. The number of Topliss-reactive ketones (excluding diaryl/α,β-unsaturated/α-hetero) is 1. The Morgan fingerprint density at radius 2 is 1.53 bits per heavy atom. The monoisotopic (exact) mass is 460 g/mol. The van der Waals surface area contributed by atoms with Gasteiger partial charge in [0.2, 0.25) is 0 Å². The molecule has 3 aromatic carbocycles. The highest BCUT2D eigenvalue weighted by atomic mass is 16.5. The number of para-hydroxylation sites is 2. The zero-order valence-corrected chi connectivity index (χ0v) is 19.1. The minimum atomic E-state index is -1.18. The van der Waals surface area contributed by atoms with Gasteiger partial charge in [0.15, 0.2) is 5.78 Å². The van der Waals surface area contributed by atoms with Gasteiger partial charge in [0.1, 0.15) is 28.7 Å². The SMILES string of the molecule is CCOC(=O)C(C(=O)c1ccc(C(=O)OC)c(OC)c1)C1c2ccccc2Oc2ccccc21. The van der Waals surface area contributed by atoms with Crippen LogP contribution in [0.3, 0.4) is 0 Å². The summed E-state index contributed by atoms with van der Waals surface area (Å²) in [6.45, 7) is 1.82. The summed E-state index contributed by atoms with van der Waals surface area (Å²) in [5.74, 6) is -2.17. The fraction of sp³-hybridized carbons (Fsp3) is 0.222. The number of ether oxygens (including phenoxy) is 4. The van der Waals surface area contributed by atoms with Gasteiger partial charge in [-0.05, 0) is 31.2 Å². The van der Waals surface area contributed by atoms with Crippen LogP contribution in [0, 0.1) is 5.92 Å². The Labute approximate surface area is 197 Å². The summed E-state index contributed by atoms with van der Waals surface area (Å²) in [5.41, 5.74) is 1.82. The van der Waals surface area contributed by atoms with E-state index in [-0.39, 0.29) is 23.5 Å². The van der Waals surface area contributed by atoms with Gasteiger partial charge in [-0.25, -0.2) is 4.79 Å². The maximum Gasteiger partial charge on any atom is 0.341 e. The van der Waals surface area contributed by atoms with Crippen molar-refractivity contribution in [2.75, 3.05) is 20.8 Å². The number of carbonyl (C=O) groups is 3. The molecule has 0 N–H and O–H groups in total. The summed E-state index contributed by atoms with van der Waals surface area (Å²) in [5, 5.41) is 0. The van der Waals surface area contributed by atoms with E-state index in [9.17, 15) is 14.4 Å². The maximum absolute atomic E-state index is 13.9. The van der Waals surface area contributed by atoms with Crippen molar-refractivity contribution >= 4 is 17.7 Å². The van der Waals surface area contributed by atoms with Crippen molar-refractivity contribution in [2.45, 2.75) is 12.8 Å². The Morgan fingerprint density at radius 1 is 0.912 bits per heavy atom. The highest BCUT2D eigenvalue weighted by molar-refractivity contribution is 6.10. The lowest BCUT2D eigenvalue weighted by Gasteiger charge is -2.32. The zero-order valence-electron chi connectivity index (χ0n) is 19.1. The summed E-state index contributed by atoms with van der Waals surface area (Å²) >= 11 is 0. The molecule has 3 aromatic rings. The van der Waals surface area contributed by atoms with Gasteiger partial charge in [-0.3, -0.25) is 9.59 Å². The molecule has 4 rings (SSSR count). The first kappa shape index (κ1) is 23.0. The molecule has 0 bridgehead atoms. The summed E-state index contributed by atoms with van der Waals surface area (Å²) in [6.07, 6.45) is 0. The van der Waals surface area contributed by atoms with Gasteiger partial charge in [-0.1, -0.05) is 42.5 Å². The minimum absolute atomic E-state index is 0.125. The molecule has 1 atom stereocenters. The molecule has 1 unspecified atom stereocenters. The summed E-state index contributed by atoms with van der Waals surface area (Å²) in [7, 11) is 2.65. The van der Waals surface area contributed by atoms with Gasteiger partial charge in [0.25, 0.3) is 0 Å². The summed E-state index contributed by atoms with van der Waals surface area (Å²) in [4.78, 5) is 39.2. The predicted octanol–water partition coefficient (Wildman–Crippen LogP) is 4.78. The molecule has 1 aliphatic heterocycles. The molecular formula is C27H24O7. The Morgan fingerprint density at radius 3 is 2.09 bits per heavy atom. The fourth-order valence-electron chi connectivity index (χ4n) is 4.24. The maximum atomic E-state index is 13.9. The lowest BCUT2D eigenvalue weighted by Crippen LogP contribution is -2.34. The van der Waals surface area contributed by atoms with Crippen LogP contribution in [0.4, 0.5) is 0 Å². The molecule has 0 spiro atoms. The van der Waals surface area contributed by atoms with Crippen LogP contribution in [-0.4, -0.2) is 38.5 Å².